The molecule has 14 heavy (non-hydrogen) atoms. The molecule has 0 heterocycles. The number of carbonyl (C=O) groups is 1. The molecule has 0 aromatic carbocycles. The SMILES string of the molecule is CC(C)(C)OC(=O)NC12CC(F)(C1)C2. The van der Waals surface area contributed by atoms with Gasteiger partial charge in [0.1, 0.15) is 11.3 Å². The third kappa shape index (κ3) is 1.57. The van der Waals surface area contributed by atoms with E-state index in [1.807, 2.05) is 20.8 Å². The van der Waals surface area contributed by atoms with Crippen LogP contribution in [0.1, 0.15) is 40.0 Å². The van der Waals surface area contributed by atoms with Crippen molar-refractivity contribution in [3.8, 4) is 0 Å². The summed E-state index contributed by atoms with van der Waals surface area (Å²) in [6.45, 7) is 5.43. The molecule has 0 atom stereocenters. The lowest BCUT2D eigenvalue weighted by Gasteiger charge is -2.65. The largest absolute Gasteiger partial charge is 0.444 e. The van der Waals surface area contributed by atoms with Gasteiger partial charge in [0.25, 0.3) is 0 Å². The van der Waals surface area contributed by atoms with Crippen LogP contribution in [0.4, 0.5) is 9.18 Å². The molecule has 3 aliphatic rings. The summed E-state index contributed by atoms with van der Waals surface area (Å²) < 4.78 is 18.2. The van der Waals surface area contributed by atoms with Crippen LogP contribution in [0.3, 0.4) is 0 Å². The quantitative estimate of drug-likeness (QED) is 0.706. The summed E-state index contributed by atoms with van der Waals surface area (Å²) in [6.07, 6.45) is 0.941. The summed E-state index contributed by atoms with van der Waals surface area (Å²) in [6, 6.07) is 0. The zero-order valence-electron chi connectivity index (χ0n) is 8.82. The van der Waals surface area contributed by atoms with E-state index in [1.165, 1.54) is 0 Å². The van der Waals surface area contributed by atoms with Gasteiger partial charge in [0.15, 0.2) is 0 Å². The third-order valence-corrected chi connectivity index (χ3v) is 2.73. The number of rotatable bonds is 1. The Morgan fingerprint density at radius 2 is 1.86 bits per heavy atom. The van der Waals surface area contributed by atoms with Crippen molar-refractivity contribution in [1.82, 2.24) is 5.32 Å². The number of ether oxygens (including phenoxy) is 1. The van der Waals surface area contributed by atoms with Gasteiger partial charge in [0, 0.05) is 19.3 Å². The van der Waals surface area contributed by atoms with Crippen molar-refractivity contribution in [3.63, 3.8) is 0 Å². The summed E-state index contributed by atoms with van der Waals surface area (Å²) >= 11 is 0. The van der Waals surface area contributed by atoms with Gasteiger partial charge in [0.2, 0.25) is 0 Å². The molecule has 1 amide bonds. The number of hydrogen-bond acceptors (Lipinski definition) is 2. The first-order chi connectivity index (χ1) is 6.22. The molecule has 0 aliphatic heterocycles. The molecule has 3 nitrogen and oxygen atoms in total. The Bertz CT molecular complexity index is 263. The number of carbonyl (C=O) groups excluding carboxylic acids is 1. The first kappa shape index (κ1) is 9.74. The fourth-order valence-corrected chi connectivity index (χ4v) is 2.32. The fourth-order valence-electron chi connectivity index (χ4n) is 2.32. The molecule has 0 saturated heterocycles. The van der Waals surface area contributed by atoms with Gasteiger partial charge in [-0.1, -0.05) is 0 Å². The van der Waals surface area contributed by atoms with Crippen LogP contribution in [0.25, 0.3) is 0 Å². The monoisotopic (exact) mass is 201 g/mol. The number of alkyl carbamates (subject to hydrolysis) is 1. The maximum absolute atomic E-state index is 13.1. The van der Waals surface area contributed by atoms with Crippen LogP contribution >= 0.6 is 0 Å². The molecule has 1 N–H and O–H groups in total. The summed E-state index contributed by atoms with van der Waals surface area (Å²) in [4.78, 5) is 11.3. The molecule has 0 unspecified atom stereocenters. The Kier molecular flexibility index (Phi) is 1.68. The number of nitrogens with one attached hydrogen (secondary N) is 1. The van der Waals surface area contributed by atoms with Crippen LogP contribution in [0.15, 0.2) is 0 Å². The predicted molar refractivity (Wildman–Crippen MR) is 49.8 cm³/mol. The molecule has 3 aliphatic carbocycles. The average Bonchev–Trinajstić information content (AvgIpc) is 1.76. The van der Waals surface area contributed by atoms with Crippen LogP contribution in [0.5, 0.6) is 0 Å². The van der Waals surface area contributed by atoms with Crippen LogP contribution in [-0.2, 0) is 4.74 Å². The van der Waals surface area contributed by atoms with Gasteiger partial charge < -0.3 is 10.1 Å². The molecule has 2 bridgehead atoms. The third-order valence-electron chi connectivity index (χ3n) is 2.73. The lowest BCUT2D eigenvalue weighted by molar-refractivity contribution is -0.166. The second-order valence-corrected chi connectivity index (χ2v) is 5.59. The van der Waals surface area contributed by atoms with E-state index in [0.717, 1.165) is 0 Å². The van der Waals surface area contributed by atoms with Gasteiger partial charge in [-0.15, -0.1) is 0 Å². The van der Waals surface area contributed by atoms with Crippen LogP contribution in [-0.4, -0.2) is 22.9 Å². The molecular weight excluding hydrogens is 185 g/mol. The molecule has 0 spiro atoms. The first-order valence-corrected chi connectivity index (χ1v) is 4.92. The van der Waals surface area contributed by atoms with Crippen LogP contribution in [0.2, 0.25) is 0 Å². The normalized spacial score (nSPS) is 39.4. The molecule has 80 valence electrons. The average molecular weight is 201 g/mol. The van der Waals surface area contributed by atoms with Gasteiger partial charge in [-0.05, 0) is 20.8 Å². The molecule has 0 aromatic rings. The molecule has 3 fully saturated rings. The van der Waals surface area contributed by atoms with Crippen molar-refractivity contribution in [2.45, 2.75) is 56.8 Å². The number of alkyl halides is 1. The van der Waals surface area contributed by atoms with E-state index in [1.54, 1.807) is 0 Å². The van der Waals surface area contributed by atoms with E-state index >= 15 is 0 Å². The second-order valence-electron chi connectivity index (χ2n) is 5.59. The minimum atomic E-state index is -0.977. The van der Waals surface area contributed by atoms with Crippen LogP contribution < -0.4 is 5.32 Å². The molecule has 3 rings (SSSR count). The topological polar surface area (TPSA) is 38.3 Å². The van der Waals surface area contributed by atoms with E-state index in [4.69, 9.17) is 4.74 Å². The highest BCUT2D eigenvalue weighted by molar-refractivity contribution is 5.70. The zero-order chi connectivity index (χ0) is 10.6. The highest BCUT2D eigenvalue weighted by Crippen LogP contribution is 2.62. The Labute approximate surface area is 83.0 Å². The number of halogens is 1. The lowest BCUT2D eigenvalue weighted by Crippen LogP contribution is -2.77. The fraction of sp³-hybridized carbons (Fsp3) is 0.900. The highest BCUT2D eigenvalue weighted by atomic mass is 19.1. The van der Waals surface area contributed by atoms with Crippen molar-refractivity contribution in [2.75, 3.05) is 0 Å². The van der Waals surface area contributed by atoms with E-state index in [-0.39, 0.29) is 5.54 Å². The van der Waals surface area contributed by atoms with Crippen LogP contribution in [0, 0.1) is 0 Å². The Hall–Kier alpha value is -0.800. The minimum Gasteiger partial charge on any atom is -0.444 e. The Morgan fingerprint density at radius 1 is 1.36 bits per heavy atom. The van der Waals surface area contributed by atoms with Gasteiger partial charge in [0.05, 0.1) is 5.54 Å². The van der Waals surface area contributed by atoms with Crippen molar-refractivity contribution in [1.29, 1.82) is 0 Å². The number of amides is 1. The Morgan fingerprint density at radius 3 is 2.21 bits per heavy atom. The molecule has 0 radical (unpaired) electrons. The van der Waals surface area contributed by atoms with E-state index in [9.17, 15) is 9.18 Å². The Balaban J connectivity index is 1.80. The predicted octanol–water partition coefficient (Wildman–Crippen LogP) is 2.16. The lowest BCUT2D eigenvalue weighted by atomic mass is 9.47. The van der Waals surface area contributed by atoms with Crippen molar-refractivity contribution >= 4 is 6.09 Å². The van der Waals surface area contributed by atoms with E-state index in [2.05, 4.69) is 5.32 Å². The van der Waals surface area contributed by atoms with E-state index in [0.29, 0.717) is 19.3 Å². The molecule has 4 heteroatoms. The maximum Gasteiger partial charge on any atom is 0.408 e. The standard InChI is InChI=1S/C10H16FNO2/c1-8(2,3)14-7(13)12-10-4-9(11,5-10)6-10/h4-6H2,1-3H3,(H,12,13). The van der Waals surface area contributed by atoms with E-state index < -0.39 is 17.4 Å². The molecule has 3 saturated carbocycles. The van der Waals surface area contributed by atoms with Gasteiger partial charge in [-0.2, -0.15) is 0 Å². The summed E-state index contributed by atoms with van der Waals surface area (Å²) in [7, 11) is 0. The minimum absolute atomic E-state index is 0.281. The van der Waals surface area contributed by atoms with Gasteiger partial charge in [-0.3, -0.25) is 0 Å². The van der Waals surface area contributed by atoms with Crippen molar-refractivity contribution in [2.24, 2.45) is 0 Å². The highest BCUT2D eigenvalue weighted by Gasteiger charge is 2.70. The second kappa shape index (κ2) is 2.41. The number of hydrogen-bond donors (Lipinski definition) is 1. The van der Waals surface area contributed by atoms with Crippen molar-refractivity contribution in [3.05, 3.63) is 0 Å². The zero-order valence-corrected chi connectivity index (χ0v) is 8.82. The summed E-state index contributed by atoms with van der Waals surface area (Å²) in [5.74, 6) is 0. The summed E-state index contributed by atoms with van der Waals surface area (Å²) in [5.41, 5.74) is -1.74. The first-order valence-electron chi connectivity index (χ1n) is 4.92. The van der Waals surface area contributed by atoms with Gasteiger partial charge in [-0.25, -0.2) is 9.18 Å². The molecular formula is C10H16FNO2. The smallest absolute Gasteiger partial charge is 0.408 e. The van der Waals surface area contributed by atoms with Crippen molar-refractivity contribution < 1.29 is 13.9 Å². The maximum atomic E-state index is 13.1. The summed E-state index contributed by atoms with van der Waals surface area (Å²) in [5, 5.41) is 2.74. The molecule has 0 aromatic heterocycles. The van der Waals surface area contributed by atoms with Gasteiger partial charge >= 0.3 is 6.09 Å².